The first kappa shape index (κ1) is 10.2. The summed E-state index contributed by atoms with van der Waals surface area (Å²) in [5.74, 6) is 0.508. The van der Waals surface area contributed by atoms with Gasteiger partial charge in [0.2, 0.25) is 0 Å². The first-order valence-corrected chi connectivity index (χ1v) is 4.33. The quantitative estimate of drug-likeness (QED) is 0.781. The minimum Gasteiger partial charge on any atom is -0.504 e. The third kappa shape index (κ3) is 2.05. The molecule has 0 aromatic heterocycles. The van der Waals surface area contributed by atoms with E-state index in [4.69, 9.17) is 22.1 Å². The molecule has 1 aromatic rings. The van der Waals surface area contributed by atoms with E-state index in [2.05, 4.69) is 0 Å². The molecule has 0 atom stereocenters. The zero-order chi connectivity index (χ0) is 9.84. The molecular formula is C9H12ClNO2. The highest BCUT2D eigenvalue weighted by Gasteiger charge is 2.11. The average molecular weight is 202 g/mol. The smallest absolute Gasteiger partial charge is 0.165 e. The molecule has 0 heterocycles. The molecule has 3 N–H and O–H groups in total. The molecule has 3 nitrogen and oxygen atoms in total. The third-order valence-electron chi connectivity index (χ3n) is 1.78. The Balaban J connectivity index is 3.18. The molecule has 0 aliphatic heterocycles. The van der Waals surface area contributed by atoms with Crippen molar-refractivity contribution in [3.8, 4) is 11.5 Å². The first-order chi connectivity index (χ1) is 6.20. The molecule has 4 heteroatoms. The van der Waals surface area contributed by atoms with Crippen LogP contribution < -0.4 is 10.5 Å². The number of phenols is 1. The monoisotopic (exact) mass is 201 g/mol. The average Bonchev–Trinajstić information content (AvgIpc) is 2.12. The van der Waals surface area contributed by atoms with Crippen LogP contribution >= 0.6 is 11.6 Å². The third-order valence-corrected chi connectivity index (χ3v) is 2.14. The largest absolute Gasteiger partial charge is 0.504 e. The van der Waals surface area contributed by atoms with E-state index < -0.39 is 0 Å². The zero-order valence-electron chi connectivity index (χ0n) is 7.38. The highest BCUT2D eigenvalue weighted by Crippen LogP contribution is 2.34. The van der Waals surface area contributed by atoms with Crippen molar-refractivity contribution in [2.45, 2.75) is 6.42 Å². The SMILES string of the molecule is COc1c(O)ccc(Cl)c1CCN. The maximum Gasteiger partial charge on any atom is 0.165 e. The minimum absolute atomic E-state index is 0.0929. The summed E-state index contributed by atoms with van der Waals surface area (Å²) in [4.78, 5) is 0. The number of ether oxygens (including phenoxy) is 1. The highest BCUT2D eigenvalue weighted by molar-refractivity contribution is 6.31. The number of aromatic hydroxyl groups is 1. The topological polar surface area (TPSA) is 55.5 Å². The van der Waals surface area contributed by atoms with Gasteiger partial charge in [0.25, 0.3) is 0 Å². The second-order valence-electron chi connectivity index (χ2n) is 2.62. The van der Waals surface area contributed by atoms with Gasteiger partial charge in [-0.3, -0.25) is 0 Å². The van der Waals surface area contributed by atoms with Crippen LogP contribution in [0.25, 0.3) is 0 Å². The van der Waals surface area contributed by atoms with Gasteiger partial charge in [-0.05, 0) is 25.1 Å². The van der Waals surface area contributed by atoms with Gasteiger partial charge in [-0.15, -0.1) is 0 Å². The van der Waals surface area contributed by atoms with E-state index in [0.717, 1.165) is 5.56 Å². The van der Waals surface area contributed by atoms with Crippen molar-refractivity contribution in [1.29, 1.82) is 0 Å². The van der Waals surface area contributed by atoms with E-state index in [1.165, 1.54) is 13.2 Å². The van der Waals surface area contributed by atoms with Crippen LogP contribution in [0.2, 0.25) is 5.02 Å². The predicted molar refractivity (Wildman–Crippen MR) is 52.4 cm³/mol. The Hall–Kier alpha value is -0.930. The normalized spacial score (nSPS) is 10.1. The highest BCUT2D eigenvalue weighted by atomic mass is 35.5. The van der Waals surface area contributed by atoms with Gasteiger partial charge < -0.3 is 15.6 Å². The van der Waals surface area contributed by atoms with Crippen LogP contribution in [-0.4, -0.2) is 18.8 Å². The van der Waals surface area contributed by atoms with Crippen LogP contribution in [0.5, 0.6) is 11.5 Å². The Labute approximate surface area is 82.1 Å². The van der Waals surface area contributed by atoms with E-state index in [1.807, 2.05) is 0 Å². The molecule has 1 rings (SSSR count). The molecule has 0 radical (unpaired) electrons. The Morgan fingerprint density at radius 2 is 2.23 bits per heavy atom. The van der Waals surface area contributed by atoms with Crippen LogP contribution in [-0.2, 0) is 6.42 Å². The van der Waals surface area contributed by atoms with E-state index in [9.17, 15) is 5.11 Å². The zero-order valence-corrected chi connectivity index (χ0v) is 8.14. The Kier molecular flexibility index (Phi) is 3.39. The summed E-state index contributed by atoms with van der Waals surface area (Å²) < 4.78 is 5.02. The summed E-state index contributed by atoms with van der Waals surface area (Å²) in [7, 11) is 1.49. The van der Waals surface area contributed by atoms with Crippen LogP contribution in [0.1, 0.15) is 5.56 Å². The summed E-state index contributed by atoms with van der Waals surface area (Å²) in [6.07, 6.45) is 0.594. The number of halogens is 1. The van der Waals surface area contributed by atoms with Gasteiger partial charge in [0.1, 0.15) is 0 Å². The van der Waals surface area contributed by atoms with Crippen LogP contribution in [0.15, 0.2) is 12.1 Å². The van der Waals surface area contributed by atoms with Crippen molar-refractivity contribution >= 4 is 11.6 Å². The Bertz CT molecular complexity index is 302. The fourth-order valence-corrected chi connectivity index (χ4v) is 1.44. The molecule has 1 aromatic carbocycles. The number of hydrogen-bond acceptors (Lipinski definition) is 3. The van der Waals surface area contributed by atoms with Gasteiger partial charge in [0.05, 0.1) is 7.11 Å². The molecule has 0 bridgehead atoms. The summed E-state index contributed by atoms with van der Waals surface area (Å²) in [5.41, 5.74) is 6.16. The molecular weight excluding hydrogens is 190 g/mol. The van der Waals surface area contributed by atoms with Crippen LogP contribution in [0, 0.1) is 0 Å². The molecule has 0 amide bonds. The molecule has 0 aliphatic carbocycles. The van der Waals surface area contributed by atoms with E-state index in [0.29, 0.717) is 23.7 Å². The van der Waals surface area contributed by atoms with Gasteiger partial charge in [-0.2, -0.15) is 0 Å². The van der Waals surface area contributed by atoms with Crippen molar-refractivity contribution in [3.05, 3.63) is 22.7 Å². The fraction of sp³-hybridized carbons (Fsp3) is 0.333. The summed E-state index contributed by atoms with van der Waals surface area (Å²) in [6.45, 7) is 0.472. The molecule has 13 heavy (non-hydrogen) atoms. The number of methoxy groups -OCH3 is 1. The van der Waals surface area contributed by atoms with E-state index >= 15 is 0 Å². The van der Waals surface area contributed by atoms with Gasteiger partial charge in [0, 0.05) is 10.6 Å². The maximum absolute atomic E-state index is 9.42. The second kappa shape index (κ2) is 4.35. The van der Waals surface area contributed by atoms with Crippen molar-refractivity contribution in [2.24, 2.45) is 5.73 Å². The van der Waals surface area contributed by atoms with Gasteiger partial charge in [-0.25, -0.2) is 0 Å². The van der Waals surface area contributed by atoms with Crippen molar-refractivity contribution in [2.75, 3.05) is 13.7 Å². The molecule has 0 unspecified atom stereocenters. The number of hydrogen-bond donors (Lipinski definition) is 2. The van der Waals surface area contributed by atoms with Crippen LogP contribution in [0.3, 0.4) is 0 Å². The molecule has 72 valence electrons. The predicted octanol–water partition coefficient (Wildman–Crippen LogP) is 1.56. The van der Waals surface area contributed by atoms with Gasteiger partial charge >= 0.3 is 0 Å². The standard InChI is InChI=1S/C9H12ClNO2/c1-13-9-6(4-5-11)7(10)2-3-8(9)12/h2-3,12H,4-5,11H2,1H3. The number of benzene rings is 1. The fourth-order valence-electron chi connectivity index (χ4n) is 1.20. The number of phenolic OH excluding ortho intramolecular Hbond substituents is 1. The van der Waals surface area contributed by atoms with Crippen LogP contribution in [0.4, 0.5) is 0 Å². The Morgan fingerprint density at radius 1 is 1.54 bits per heavy atom. The van der Waals surface area contributed by atoms with Crippen molar-refractivity contribution < 1.29 is 9.84 Å². The van der Waals surface area contributed by atoms with Gasteiger partial charge in [-0.1, -0.05) is 11.6 Å². The molecule has 0 saturated heterocycles. The maximum atomic E-state index is 9.42. The molecule has 0 spiro atoms. The second-order valence-corrected chi connectivity index (χ2v) is 3.02. The summed E-state index contributed by atoms with van der Waals surface area (Å²) in [5, 5.41) is 9.99. The van der Waals surface area contributed by atoms with E-state index in [1.54, 1.807) is 6.07 Å². The number of rotatable bonds is 3. The number of nitrogens with two attached hydrogens (primary N) is 1. The lowest BCUT2D eigenvalue weighted by atomic mass is 10.1. The molecule has 0 fully saturated rings. The lowest BCUT2D eigenvalue weighted by Crippen LogP contribution is -2.05. The summed E-state index contributed by atoms with van der Waals surface area (Å²) >= 11 is 5.91. The summed E-state index contributed by atoms with van der Waals surface area (Å²) in [6, 6.07) is 3.13. The lowest BCUT2D eigenvalue weighted by Gasteiger charge is -2.10. The lowest BCUT2D eigenvalue weighted by molar-refractivity contribution is 0.369. The van der Waals surface area contributed by atoms with E-state index in [-0.39, 0.29) is 5.75 Å². The van der Waals surface area contributed by atoms with Crippen molar-refractivity contribution in [1.82, 2.24) is 0 Å². The first-order valence-electron chi connectivity index (χ1n) is 3.95. The van der Waals surface area contributed by atoms with Gasteiger partial charge in [0.15, 0.2) is 11.5 Å². The minimum atomic E-state index is 0.0929. The Morgan fingerprint density at radius 3 is 2.77 bits per heavy atom. The molecule has 0 aliphatic rings. The molecule has 0 saturated carbocycles. The van der Waals surface area contributed by atoms with Crippen molar-refractivity contribution in [3.63, 3.8) is 0 Å².